The summed E-state index contributed by atoms with van der Waals surface area (Å²) in [7, 11) is -1.30. The third-order valence-corrected chi connectivity index (χ3v) is 9.04. The highest BCUT2D eigenvalue weighted by molar-refractivity contribution is 7.92. The van der Waals surface area contributed by atoms with Gasteiger partial charge in [-0.2, -0.15) is 9.97 Å². The molecule has 14 nitrogen and oxygen atoms in total. The van der Waals surface area contributed by atoms with Crippen molar-refractivity contribution in [1.82, 2.24) is 29.7 Å². The maximum absolute atomic E-state index is 11.9. The highest BCUT2D eigenvalue weighted by Crippen LogP contribution is 2.33. The van der Waals surface area contributed by atoms with Crippen molar-refractivity contribution in [2.75, 3.05) is 93.9 Å². The Morgan fingerprint density at radius 2 is 1.78 bits per heavy atom. The minimum Gasteiger partial charge on any atom is -0.476 e. The molecule has 1 aliphatic carbocycles. The third kappa shape index (κ3) is 8.81. The molecule has 0 bridgehead atoms. The summed E-state index contributed by atoms with van der Waals surface area (Å²) in [4.78, 5) is 25.4. The van der Waals surface area contributed by atoms with Crippen LogP contribution in [0, 0.1) is 0 Å². The molecule has 0 spiro atoms. The fraction of sp³-hybridized carbons (Fsp3) is 0.600. The number of morpholine rings is 1. The molecule has 244 valence electrons. The topological polar surface area (TPSA) is 147 Å². The predicted molar refractivity (Wildman–Crippen MR) is 173 cm³/mol. The number of ether oxygens (including phenoxy) is 3. The van der Waals surface area contributed by atoms with Gasteiger partial charge in [-0.05, 0) is 38.8 Å². The van der Waals surface area contributed by atoms with Gasteiger partial charge in [0.25, 0.3) is 0 Å². The summed E-state index contributed by atoms with van der Waals surface area (Å²) in [5.41, 5.74) is 1.06. The van der Waals surface area contributed by atoms with Gasteiger partial charge in [0.1, 0.15) is 18.5 Å². The van der Waals surface area contributed by atoms with Crippen LogP contribution in [-0.4, -0.2) is 129 Å². The number of rotatable bonds is 11. The van der Waals surface area contributed by atoms with Gasteiger partial charge in [0, 0.05) is 70.2 Å². The van der Waals surface area contributed by atoms with Crippen molar-refractivity contribution in [2.24, 2.45) is 0 Å². The number of pyridine rings is 2. The third-order valence-electron chi connectivity index (χ3n) is 8.44. The van der Waals surface area contributed by atoms with Crippen LogP contribution in [0.25, 0.3) is 10.9 Å². The van der Waals surface area contributed by atoms with Crippen LogP contribution >= 0.6 is 0 Å². The second-order valence-corrected chi connectivity index (χ2v) is 13.7. The summed E-state index contributed by atoms with van der Waals surface area (Å²) in [6.07, 6.45) is 7.71. The van der Waals surface area contributed by atoms with Crippen LogP contribution < -0.4 is 24.4 Å². The van der Waals surface area contributed by atoms with Crippen molar-refractivity contribution in [3.05, 3.63) is 30.6 Å². The molecule has 2 aliphatic heterocycles. The highest BCUT2D eigenvalue weighted by atomic mass is 32.2. The van der Waals surface area contributed by atoms with E-state index < -0.39 is 10.0 Å². The van der Waals surface area contributed by atoms with E-state index in [0.29, 0.717) is 54.1 Å². The molecule has 0 unspecified atom stereocenters. The van der Waals surface area contributed by atoms with E-state index in [-0.39, 0.29) is 12.1 Å². The molecule has 0 atom stereocenters. The zero-order valence-electron chi connectivity index (χ0n) is 26.0. The number of sulfonamides is 1. The van der Waals surface area contributed by atoms with E-state index in [2.05, 4.69) is 46.7 Å². The SMILES string of the molecule is CN1CCN(CCOc2ccnc(N[C@H]3CC[C@@H](Oc4nc(N5CCOCC5)cc5ncc(NS(C)(=O)=O)cc45)CC3)n2)CC1. The van der Waals surface area contributed by atoms with Crippen LogP contribution in [0.5, 0.6) is 11.8 Å². The van der Waals surface area contributed by atoms with E-state index in [0.717, 1.165) is 83.6 Å². The number of fused-ring (bicyclic) bond motifs is 1. The number of hydrogen-bond acceptors (Lipinski definition) is 13. The Bertz CT molecular complexity index is 1540. The molecule has 3 fully saturated rings. The van der Waals surface area contributed by atoms with Crippen LogP contribution in [0.15, 0.2) is 30.6 Å². The van der Waals surface area contributed by atoms with Crippen LogP contribution in [0.3, 0.4) is 0 Å². The largest absolute Gasteiger partial charge is 0.476 e. The first-order valence-electron chi connectivity index (χ1n) is 15.7. The molecule has 3 aliphatic rings. The molecular formula is C30H43N9O5S. The monoisotopic (exact) mass is 641 g/mol. The van der Waals surface area contributed by atoms with E-state index in [1.165, 1.54) is 6.20 Å². The summed E-state index contributed by atoms with van der Waals surface area (Å²) in [5.74, 6) is 2.38. The second kappa shape index (κ2) is 14.3. The predicted octanol–water partition coefficient (Wildman–Crippen LogP) is 2.06. The average Bonchev–Trinajstić information content (AvgIpc) is 3.03. The number of hydrogen-bond donors (Lipinski definition) is 2. The summed E-state index contributed by atoms with van der Waals surface area (Å²) >= 11 is 0. The maximum Gasteiger partial charge on any atom is 0.229 e. The molecule has 2 saturated heterocycles. The Morgan fingerprint density at radius 1 is 1.00 bits per heavy atom. The first kappa shape index (κ1) is 31.5. The molecule has 0 aromatic carbocycles. The summed E-state index contributed by atoms with van der Waals surface area (Å²) in [5, 5.41) is 4.14. The minimum absolute atomic E-state index is 0.0460. The lowest BCUT2D eigenvalue weighted by molar-refractivity contribution is 0.122. The first-order valence-corrected chi connectivity index (χ1v) is 17.6. The van der Waals surface area contributed by atoms with Crippen molar-refractivity contribution < 1.29 is 22.6 Å². The van der Waals surface area contributed by atoms with E-state index in [1.54, 1.807) is 18.3 Å². The van der Waals surface area contributed by atoms with Crippen LogP contribution in [0.2, 0.25) is 0 Å². The van der Waals surface area contributed by atoms with Gasteiger partial charge < -0.3 is 29.3 Å². The Labute approximate surface area is 264 Å². The molecule has 5 heterocycles. The molecular weight excluding hydrogens is 598 g/mol. The Morgan fingerprint density at radius 3 is 2.53 bits per heavy atom. The molecule has 2 N–H and O–H groups in total. The first-order chi connectivity index (χ1) is 21.8. The fourth-order valence-corrected chi connectivity index (χ4v) is 6.44. The standard InChI is InChI=1S/C30H43N9O5S/c1-37-9-11-38(12-10-37)13-18-43-28-7-8-31-30(35-28)33-22-3-5-24(6-4-22)44-29-25-19-23(36-45(2,40)41)21-32-26(25)20-27(34-29)39-14-16-42-17-15-39/h7-8,19-22,24,36H,3-6,9-18H2,1-2H3,(H,31,33,35)/t22-,24+. The summed E-state index contributed by atoms with van der Waals surface area (Å²) < 4.78 is 44.2. The normalized spacial score (nSPS) is 21.9. The van der Waals surface area contributed by atoms with Crippen molar-refractivity contribution in [3.8, 4) is 11.8 Å². The van der Waals surface area contributed by atoms with Gasteiger partial charge in [0.15, 0.2) is 0 Å². The molecule has 1 saturated carbocycles. The minimum atomic E-state index is -3.46. The smallest absolute Gasteiger partial charge is 0.229 e. The Kier molecular flexibility index (Phi) is 9.97. The second-order valence-electron chi connectivity index (χ2n) is 12.0. The van der Waals surface area contributed by atoms with Crippen LogP contribution in [-0.2, 0) is 14.8 Å². The molecule has 0 radical (unpaired) electrons. The van der Waals surface area contributed by atoms with E-state index in [4.69, 9.17) is 19.2 Å². The van der Waals surface area contributed by atoms with Gasteiger partial charge in [-0.15, -0.1) is 0 Å². The number of anilines is 3. The molecule has 15 heteroatoms. The quantitative estimate of drug-likeness (QED) is 0.315. The number of aromatic nitrogens is 4. The van der Waals surface area contributed by atoms with Crippen molar-refractivity contribution in [2.45, 2.75) is 37.8 Å². The van der Waals surface area contributed by atoms with E-state index >= 15 is 0 Å². The van der Waals surface area contributed by atoms with E-state index in [1.807, 2.05) is 6.07 Å². The molecule has 3 aromatic heterocycles. The number of piperazine rings is 1. The van der Waals surface area contributed by atoms with Crippen molar-refractivity contribution >= 4 is 38.4 Å². The summed E-state index contributed by atoms with van der Waals surface area (Å²) in [6, 6.07) is 5.66. The van der Waals surface area contributed by atoms with Gasteiger partial charge >= 0.3 is 0 Å². The molecule has 3 aromatic rings. The highest BCUT2D eigenvalue weighted by Gasteiger charge is 2.25. The van der Waals surface area contributed by atoms with Gasteiger partial charge in [0.2, 0.25) is 27.7 Å². The van der Waals surface area contributed by atoms with Gasteiger partial charge in [0.05, 0.1) is 42.3 Å². The Balaban J connectivity index is 1.07. The lowest BCUT2D eigenvalue weighted by atomic mass is 9.93. The zero-order valence-corrected chi connectivity index (χ0v) is 26.8. The van der Waals surface area contributed by atoms with Gasteiger partial charge in [-0.25, -0.2) is 13.4 Å². The Hall–Kier alpha value is -3.53. The summed E-state index contributed by atoms with van der Waals surface area (Å²) in [6.45, 7) is 8.50. The lowest BCUT2D eigenvalue weighted by Crippen LogP contribution is -2.45. The van der Waals surface area contributed by atoms with Gasteiger partial charge in [-0.1, -0.05) is 0 Å². The molecule has 6 rings (SSSR count). The number of nitrogens with zero attached hydrogens (tertiary/aromatic N) is 7. The zero-order chi connectivity index (χ0) is 31.2. The van der Waals surface area contributed by atoms with Crippen molar-refractivity contribution in [3.63, 3.8) is 0 Å². The van der Waals surface area contributed by atoms with Crippen LogP contribution in [0.4, 0.5) is 17.5 Å². The van der Waals surface area contributed by atoms with E-state index in [9.17, 15) is 8.42 Å². The maximum atomic E-state index is 11.9. The van der Waals surface area contributed by atoms with Crippen LogP contribution in [0.1, 0.15) is 25.7 Å². The lowest BCUT2D eigenvalue weighted by Gasteiger charge is -2.32. The fourth-order valence-electron chi connectivity index (χ4n) is 5.90. The molecule has 0 amide bonds. The van der Waals surface area contributed by atoms with Gasteiger partial charge in [-0.3, -0.25) is 14.6 Å². The number of nitrogens with one attached hydrogen (secondary N) is 2. The average molecular weight is 642 g/mol. The number of likely N-dealkylation sites (N-methyl/N-ethyl adjacent to an activating group) is 1. The molecule has 45 heavy (non-hydrogen) atoms. The van der Waals surface area contributed by atoms with Crippen molar-refractivity contribution in [1.29, 1.82) is 0 Å².